The molecule has 1 fully saturated rings. The van der Waals surface area contributed by atoms with E-state index in [1.807, 2.05) is 0 Å². The fraction of sp³-hybridized carbons (Fsp3) is 0.278. The van der Waals surface area contributed by atoms with Crippen LogP contribution in [0.25, 0.3) is 6.08 Å². The zero-order valence-corrected chi connectivity index (χ0v) is 15.4. The lowest BCUT2D eigenvalue weighted by molar-refractivity contribution is -0.137. The van der Waals surface area contributed by atoms with Crippen LogP contribution in [0.5, 0.6) is 0 Å². The van der Waals surface area contributed by atoms with Gasteiger partial charge in [-0.2, -0.15) is 17.5 Å². The molecule has 0 aliphatic carbocycles. The first kappa shape index (κ1) is 20.2. The van der Waals surface area contributed by atoms with Crippen LogP contribution in [0.2, 0.25) is 0 Å². The van der Waals surface area contributed by atoms with E-state index < -0.39 is 21.8 Å². The van der Waals surface area contributed by atoms with Crippen molar-refractivity contribution in [1.82, 2.24) is 9.21 Å². The Morgan fingerprint density at radius 1 is 1.04 bits per heavy atom. The van der Waals surface area contributed by atoms with E-state index in [2.05, 4.69) is 0 Å². The van der Waals surface area contributed by atoms with Crippen LogP contribution in [0.1, 0.15) is 11.3 Å². The van der Waals surface area contributed by atoms with Gasteiger partial charge in [-0.15, -0.1) is 0 Å². The normalized spacial score (nSPS) is 16.6. The number of alkyl halides is 3. The van der Waals surface area contributed by atoms with Crippen molar-refractivity contribution >= 4 is 22.0 Å². The Bertz CT molecular complexity index is 944. The summed E-state index contributed by atoms with van der Waals surface area (Å²) >= 11 is 0. The minimum Gasteiger partial charge on any atom is -0.465 e. The molecule has 0 saturated carbocycles. The van der Waals surface area contributed by atoms with Crippen molar-refractivity contribution in [3.05, 3.63) is 60.1 Å². The van der Waals surface area contributed by atoms with Gasteiger partial charge in [-0.1, -0.05) is 0 Å². The van der Waals surface area contributed by atoms with E-state index in [0.717, 1.165) is 28.6 Å². The summed E-state index contributed by atoms with van der Waals surface area (Å²) in [6.45, 7) is 0.482. The summed E-state index contributed by atoms with van der Waals surface area (Å²) in [4.78, 5) is 13.5. The molecule has 2 heterocycles. The molecular formula is C18H17F3N2O4S. The Kier molecular flexibility index (Phi) is 5.61. The average molecular weight is 414 g/mol. The van der Waals surface area contributed by atoms with E-state index in [-0.39, 0.29) is 37.0 Å². The fourth-order valence-electron chi connectivity index (χ4n) is 2.76. The number of amides is 1. The van der Waals surface area contributed by atoms with Crippen LogP contribution in [0, 0.1) is 0 Å². The zero-order valence-electron chi connectivity index (χ0n) is 14.6. The number of halogens is 3. The molecule has 0 bridgehead atoms. The van der Waals surface area contributed by atoms with Crippen LogP contribution in [-0.2, 0) is 21.0 Å². The van der Waals surface area contributed by atoms with Gasteiger partial charge in [0.05, 0.1) is 16.7 Å². The van der Waals surface area contributed by atoms with Crippen LogP contribution in [-0.4, -0.2) is 49.7 Å². The van der Waals surface area contributed by atoms with E-state index in [9.17, 15) is 26.4 Å². The molecule has 0 N–H and O–H groups in total. The van der Waals surface area contributed by atoms with Crippen molar-refractivity contribution in [3.8, 4) is 0 Å². The monoisotopic (exact) mass is 414 g/mol. The molecule has 0 unspecified atom stereocenters. The predicted molar refractivity (Wildman–Crippen MR) is 94.5 cm³/mol. The molecule has 1 aromatic carbocycles. The number of benzene rings is 1. The van der Waals surface area contributed by atoms with Gasteiger partial charge in [-0.3, -0.25) is 4.79 Å². The molecular weight excluding hydrogens is 397 g/mol. The molecule has 10 heteroatoms. The number of sulfonamides is 1. The Morgan fingerprint density at radius 3 is 2.21 bits per heavy atom. The highest BCUT2D eigenvalue weighted by molar-refractivity contribution is 7.89. The van der Waals surface area contributed by atoms with E-state index in [1.165, 1.54) is 23.3 Å². The standard InChI is InChI=1S/C18H17F3N2O4S/c19-18(20,21)14-3-6-16(7-4-14)28(25,26)23-11-9-22(10-12-23)17(24)8-5-15-2-1-13-27-15/h1-8,13H,9-12H2/b8-5+. The van der Waals surface area contributed by atoms with Gasteiger partial charge in [0, 0.05) is 32.3 Å². The SMILES string of the molecule is O=C(/C=C/c1ccco1)N1CCN(S(=O)(=O)c2ccc(C(F)(F)F)cc2)CC1. The average Bonchev–Trinajstić information content (AvgIpc) is 3.19. The van der Waals surface area contributed by atoms with Gasteiger partial charge in [-0.25, -0.2) is 8.42 Å². The Hall–Kier alpha value is -2.59. The van der Waals surface area contributed by atoms with Crippen molar-refractivity contribution in [2.75, 3.05) is 26.2 Å². The second-order valence-corrected chi connectivity index (χ2v) is 8.04. The lowest BCUT2D eigenvalue weighted by atomic mass is 10.2. The van der Waals surface area contributed by atoms with E-state index in [1.54, 1.807) is 12.1 Å². The maximum absolute atomic E-state index is 12.6. The second kappa shape index (κ2) is 7.80. The van der Waals surface area contributed by atoms with Crippen LogP contribution in [0.3, 0.4) is 0 Å². The number of carbonyl (C=O) groups is 1. The predicted octanol–water partition coefficient (Wildman–Crippen LogP) is 2.84. The highest BCUT2D eigenvalue weighted by Crippen LogP contribution is 2.30. The van der Waals surface area contributed by atoms with Gasteiger partial charge >= 0.3 is 6.18 Å². The Labute approximate surface area is 159 Å². The molecule has 6 nitrogen and oxygen atoms in total. The molecule has 150 valence electrons. The van der Waals surface area contributed by atoms with E-state index in [4.69, 9.17) is 4.42 Å². The van der Waals surface area contributed by atoms with E-state index >= 15 is 0 Å². The minimum atomic E-state index is -4.53. The van der Waals surface area contributed by atoms with Gasteiger partial charge < -0.3 is 9.32 Å². The summed E-state index contributed by atoms with van der Waals surface area (Å²) in [7, 11) is -3.93. The van der Waals surface area contributed by atoms with Gasteiger partial charge in [-0.05, 0) is 42.5 Å². The number of piperazine rings is 1. The lowest BCUT2D eigenvalue weighted by Crippen LogP contribution is -2.50. The smallest absolute Gasteiger partial charge is 0.416 e. The van der Waals surface area contributed by atoms with Crippen molar-refractivity contribution in [2.24, 2.45) is 0 Å². The molecule has 0 radical (unpaired) electrons. The summed E-state index contributed by atoms with van der Waals surface area (Å²) < 4.78 is 69.4. The third-order valence-electron chi connectivity index (χ3n) is 4.30. The maximum atomic E-state index is 12.6. The summed E-state index contributed by atoms with van der Waals surface area (Å²) in [6, 6.07) is 6.76. The van der Waals surface area contributed by atoms with Crippen molar-refractivity contribution in [2.45, 2.75) is 11.1 Å². The Balaban J connectivity index is 1.62. The summed E-state index contributed by atoms with van der Waals surface area (Å²) in [6.07, 6.45) is -0.182. The molecule has 2 aromatic rings. The first-order valence-corrected chi connectivity index (χ1v) is 9.80. The quantitative estimate of drug-likeness (QED) is 0.722. The molecule has 1 amide bonds. The number of hydrogen-bond donors (Lipinski definition) is 0. The summed E-state index contributed by atoms with van der Waals surface area (Å²) in [5.41, 5.74) is -0.912. The number of rotatable bonds is 4. The minimum absolute atomic E-state index is 0.0592. The first-order chi connectivity index (χ1) is 13.2. The topological polar surface area (TPSA) is 70.8 Å². The molecule has 1 aromatic heterocycles. The van der Waals surface area contributed by atoms with Crippen molar-refractivity contribution < 1.29 is 30.8 Å². The lowest BCUT2D eigenvalue weighted by Gasteiger charge is -2.33. The van der Waals surface area contributed by atoms with Crippen LogP contribution in [0.15, 0.2) is 58.1 Å². The highest BCUT2D eigenvalue weighted by Gasteiger charge is 2.33. The molecule has 0 spiro atoms. The maximum Gasteiger partial charge on any atom is 0.416 e. The molecule has 28 heavy (non-hydrogen) atoms. The molecule has 0 atom stereocenters. The Morgan fingerprint density at radius 2 is 1.68 bits per heavy atom. The third kappa shape index (κ3) is 4.45. The molecule has 3 rings (SSSR count). The van der Waals surface area contributed by atoms with Gasteiger partial charge in [0.1, 0.15) is 5.76 Å². The van der Waals surface area contributed by atoms with Gasteiger partial charge in [0.15, 0.2) is 0 Å². The zero-order chi connectivity index (χ0) is 20.4. The molecule has 1 saturated heterocycles. The second-order valence-electron chi connectivity index (χ2n) is 6.10. The molecule has 1 aliphatic rings. The van der Waals surface area contributed by atoms with Crippen LogP contribution < -0.4 is 0 Å². The summed E-state index contributed by atoms with van der Waals surface area (Å²) in [5.74, 6) is 0.250. The number of nitrogens with zero attached hydrogens (tertiary/aromatic N) is 2. The largest absolute Gasteiger partial charge is 0.465 e. The first-order valence-electron chi connectivity index (χ1n) is 8.36. The van der Waals surface area contributed by atoms with E-state index in [0.29, 0.717) is 5.76 Å². The van der Waals surface area contributed by atoms with Gasteiger partial charge in [0.25, 0.3) is 0 Å². The number of carbonyl (C=O) groups excluding carboxylic acids is 1. The summed E-state index contributed by atoms with van der Waals surface area (Å²) in [5, 5.41) is 0. The third-order valence-corrected chi connectivity index (χ3v) is 6.22. The van der Waals surface area contributed by atoms with Crippen LogP contribution >= 0.6 is 0 Å². The van der Waals surface area contributed by atoms with Gasteiger partial charge in [0.2, 0.25) is 15.9 Å². The fourth-order valence-corrected chi connectivity index (χ4v) is 4.18. The van der Waals surface area contributed by atoms with Crippen molar-refractivity contribution in [3.63, 3.8) is 0 Å². The van der Waals surface area contributed by atoms with Crippen molar-refractivity contribution in [1.29, 1.82) is 0 Å². The van der Waals surface area contributed by atoms with Crippen LogP contribution in [0.4, 0.5) is 13.2 Å². The molecule has 1 aliphatic heterocycles. The number of furan rings is 1. The number of hydrogen-bond acceptors (Lipinski definition) is 4. The highest BCUT2D eigenvalue weighted by atomic mass is 32.2.